The quantitative estimate of drug-likeness (QED) is 0.186. The summed E-state index contributed by atoms with van der Waals surface area (Å²) in [7, 11) is 0. The minimum Gasteiger partial charge on any atom is -0.456 e. The molecule has 3 nitrogen and oxygen atoms in total. The average Bonchev–Trinajstić information content (AvgIpc) is 3.21. The van der Waals surface area contributed by atoms with Gasteiger partial charge in [0.1, 0.15) is 11.5 Å². The molecule has 51 heavy (non-hydrogen) atoms. The fourth-order valence-corrected chi connectivity index (χ4v) is 7.43. The van der Waals surface area contributed by atoms with Crippen molar-refractivity contribution in [3.8, 4) is 78.8 Å². The Morgan fingerprint density at radius 2 is 0.941 bits per heavy atom. The van der Waals surface area contributed by atoms with E-state index in [1.54, 1.807) is 0 Å². The highest BCUT2D eigenvalue weighted by molar-refractivity contribution is 6.05. The third-order valence-corrected chi connectivity index (χ3v) is 9.91. The van der Waals surface area contributed by atoms with E-state index in [1.165, 1.54) is 27.5 Å². The molecule has 0 bridgehead atoms. The van der Waals surface area contributed by atoms with Gasteiger partial charge in [-0.3, -0.25) is 0 Å². The lowest BCUT2D eigenvalue weighted by Crippen LogP contribution is -1.97. The van der Waals surface area contributed by atoms with Crippen molar-refractivity contribution in [3.63, 3.8) is 0 Å². The monoisotopic (exact) mass is 650 g/mol. The van der Waals surface area contributed by atoms with Gasteiger partial charge in [0, 0.05) is 27.6 Å². The second kappa shape index (κ2) is 11.9. The van der Waals surface area contributed by atoms with Gasteiger partial charge in [-0.1, -0.05) is 158 Å². The summed E-state index contributed by atoms with van der Waals surface area (Å²) in [6.45, 7) is 0. The van der Waals surface area contributed by atoms with Crippen LogP contribution in [0.4, 0.5) is 0 Å². The molecule has 8 aromatic carbocycles. The highest BCUT2D eigenvalue weighted by atomic mass is 16.5. The molecule has 0 fully saturated rings. The Kier molecular flexibility index (Phi) is 6.81. The number of rotatable bonds is 5. The molecule has 0 atom stereocenters. The lowest BCUT2D eigenvalue weighted by atomic mass is 9.92. The van der Waals surface area contributed by atoms with Crippen molar-refractivity contribution in [3.05, 3.63) is 182 Å². The maximum absolute atomic E-state index is 6.35. The van der Waals surface area contributed by atoms with E-state index in [0.717, 1.165) is 67.0 Å². The largest absolute Gasteiger partial charge is 0.456 e. The maximum Gasteiger partial charge on any atom is 0.160 e. The number of aromatic nitrogens is 2. The van der Waals surface area contributed by atoms with Gasteiger partial charge >= 0.3 is 0 Å². The van der Waals surface area contributed by atoms with Crippen LogP contribution in [0.2, 0.25) is 0 Å². The van der Waals surface area contributed by atoms with Crippen molar-refractivity contribution in [2.75, 3.05) is 0 Å². The molecule has 0 spiro atoms. The van der Waals surface area contributed by atoms with E-state index in [9.17, 15) is 0 Å². The predicted octanol–water partition coefficient (Wildman–Crippen LogP) is 12.9. The first-order valence-electron chi connectivity index (χ1n) is 17.2. The molecule has 0 unspecified atom stereocenters. The molecule has 1 aliphatic heterocycles. The SMILES string of the molecule is c1ccc(-c2nc(-c3ccc(-c4ccc5c(c4)-c4cccc6cccc(c46)O5)cc3)cc(-c3cccc4c(-c5ccccc5)cccc34)n2)cc1. The van der Waals surface area contributed by atoms with Gasteiger partial charge in [-0.25, -0.2) is 9.97 Å². The summed E-state index contributed by atoms with van der Waals surface area (Å²) in [6, 6.07) is 63.8. The highest BCUT2D eigenvalue weighted by Crippen LogP contribution is 2.47. The molecule has 238 valence electrons. The van der Waals surface area contributed by atoms with Crippen LogP contribution in [0.25, 0.3) is 88.8 Å². The van der Waals surface area contributed by atoms with Crippen LogP contribution >= 0.6 is 0 Å². The molecular formula is C48H30N2O. The van der Waals surface area contributed by atoms with E-state index in [2.05, 4.69) is 158 Å². The van der Waals surface area contributed by atoms with Gasteiger partial charge in [-0.05, 0) is 68.2 Å². The average molecular weight is 651 g/mol. The van der Waals surface area contributed by atoms with Crippen molar-refractivity contribution in [2.24, 2.45) is 0 Å². The normalized spacial score (nSPS) is 11.7. The van der Waals surface area contributed by atoms with Crippen LogP contribution in [0.3, 0.4) is 0 Å². The third kappa shape index (κ3) is 5.06. The van der Waals surface area contributed by atoms with Crippen LogP contribution in [0.1, 0.15) is 0 Å². The molecule has 1 aromatic heterocycles. The summed E-state index contributed by atoms with van der Waals surface area (Å²) >= 11 is 0. The van der Waals surface area contributed by atoms with E-state index in [4.69, 9.17) is 14.7 Å². The fraction of sp³-hybridized carbons (Fsp3) is 0. The second-order valence-corrected chi connectivity index (χ2v) is 13.0. The van der Waals surface area contributed by atoms with E-state index < -0.39 is 0 Å². The summed E-state index contributed by atoms with van der Waals surface area (Å²) in [5, 5.41) is 4.70. The molecule has 0 amide bonds. The minimum atomic E-state index is 0.701. The van der Waals surface area contributed by atoms with Crippen molar-refractivity contribution in [1.82, 2.24) is 9.97 Å². The lowest BCUT2D eigenvalue weighted by molar-refractivity contribution is 0.487. The summed E-state index contributed by atoms with van der Waals surface area (Å²) < 4.78 is 6.35. The number of fused-ring (bicyclic) bond motifs is 3. The van der Waals surface area contributed by atoms with Gasteiger partial charge in [-0.15, -0.1) is 0 Å². The fourth-order valence-electron chi connectivity index (χ4n) is 7.43. The van der Waals surface area contributed by atoms with Crippen molar-refractivity contribution in [2.45, 2.75) is 0 Å². The number of benzene rings is 8. The first kappa shape index (κ1) is 29.1. The molecule has 3 heteroatoms. The Labute approximate surface area is 296 Å². The summed E-state index contributed by atoms with van der Waals surface area (Å²) in [5.41, 5.74) is 11.8. The smallest absolute Gasteiger partial charge is 0.160 e. The number of hydrogen-bond acceptors (Lipinski definition) is 3. The second-order valence-electron chi connectivity index (χ2n) is 13.0. The van der Waals surface area contributed by atoms with Crippen molar-refractivity contribution >= 4 is 21.5 Å². The number of nitrogens with zero attached hydrogens (tertiary/aromatic N) is 2. The topological polar surface area (TPSA) is 35.0 Å². The Morgan fingerprint density at radius 1 is 0.333 bits per heavy atom. The maximum atomic E-state index is 6.35. The molecule has 0 radical (unpaired) electrons. The summed E-state index contributed by atoms with van der Waals surface area (Å²) in [6.07, 6.45) is 0. The van der Waals surface area contributed by atoms with Crippen LogP contribution in [-0.2, 0) is 0 Å². The van der Waals surface area contributed by atoms with Gasteiger partial charge in [0.15, 0.2) is 5.82 Å². The van der Waals surface area contributed by atoms with Crippen LogP contribution in [0.5, 0.6) is 11.5 Å². The minimum absolute atomic E-state index is 0.701. The Bertz CT molecular complexity index is 2750. The van der Waals surface area contributed by atoms with E-state index in [-0.39, 0.29) is 0 Å². The zero-order chi connectivity index (χ0) is 33.7. The van der Waals surface area contributed by atoms with E-state index in [1.807, 2.05) is 24.3 Å². The highest BCUT2D eigenvalue weighted by Gasteiger charge is 2.20. The third-order valence-electron chi connectivity index (χ3n) is 9.91. The Balaban J connectivity index is 1.07. The van der Waals surface area contributed by atoms with Crippen LogP contribution in [-0.4, -0.2) is 9.97 Å². The van der Waals surface area contributed by atoms with Crippen molar-refractivity contribution in [1.29, 1.82) is 0 Å². The zero-order valence-corrected chi connectivity index (χ0v) is 27.6. The number of hydrogen-bond donors (Lipinski definition) is 0. The first-order valence-corrected chi connectivity index (χ1v) is 17.2. The van der Waals surface area contributed by atoms with Gasteiger partial charge in [0.25, 0.3) is 0 Å². The zero-order valence-electron chi connectivity index (χ0n) is 27.6. The predicted molar refractivity (Wildman–Crippen MR) is 210 cm³/mol. The van der Waals surface area contributed by atoms with Gasteiger partial charge in [0.2, 0.25) is 0 Å². The molecule has 0 saturated carbocycles. The number of ether oxygens (including phenoxy) is 1. The molecule has 0 N–H and O–H groups in total. The molecular weight excluding hydrogens is 621 g/mol. The molecule has 1 aliphatic rings. The molecule has 2 heterocycles. The standard InChI is InChI=1S/C48H30N2O/c1-3-11-32(12-4-1)37-17-9-19-39-38(37)18-10-20-40(39)44-30-43(49-48(50-44)35-13-5-2-6-14-35)33-25-23-31(24-26-33)36-27-28-45-42(29-36)41-21-7-15-34-16-8-22-46(51-45)47(34)41/h1-30H. The van der Waals surface area contributed by atoms with Crippen LogP contribution in [0, 0.1) is 0 Å². The van der Waals surface area contributed by atoms with Gasteiger partial charge < -0.3 is 4.74 Å². The van der Waals surface area contributed by atoms with Crippen LogP contribution in [0.15, 0.2) is 182 Å². The Hall–Kier alpha value is -6.84. The molecule has 9 aromatic rings. The molecule has 0 saturated heterocycles. The van der Waals surface area contributed by atoms with Crippen LogP contribution < -0.4 is 4.74 Å². The van der Waals surface area contributed by atoms with Gasteiger partial charge in [-0.2, -0.15) is 0 Å². The summed E-state index contributed by atoms with van der Waals surface area (Å²) in [4.78, 5) is 10.3. The Morgan fingerprint density at radius 3 is 1.73 bits per heavy atom. The summed E-state index contributed by atoms with van der Waals surface area (Å²) in [5.74, 6) is 2.49. The molecule has 0 aliphatic carbocycles. The van der Waals surface area contributed by atoms with Crippen molar-refractivity contribution < 1.29 is 4.74 Å². The van der Waals surface area contributed by atoms with Gasteiger partial charge in [0.05, 0.1) is 11.4 Å². The first-order chi connectivity index (χ1) is 25.3. The lowest BCUT2D eigenvalue weighted by Gasteiger charge is -2.22. The van der Waals surface area contributed by atoms with E-state index >= 15 is 0 Å². The molecule has 10 rings (SSSR count). The van der Waals surface area contributed by atoms with E-state index in [0.29, 0.717) is 5.82 Å².